The molecule has 0 N–H and O–H groups in total. The molecule has 2 aromatic rings. The van der Waals surface area contributed by atoms with Crippen LogP contribution in [0.15, 0.2) is 42.5 Å². The first-order chi connectivity index (χ1) is 9.30. The van der Waals surface area contributed by atoms with E-state index >= 15 is 0 Å². The van der Waals surface area contributed by atoms with Gasteiger partial charge in [-0.15, -0.1) is 0 Å². The second-order valence-corrected chi connectivity index (χ2v) is 6.16. The lowest BCUT2D eigenvalue weighted by Gasteiger charge is -2.19. The Morgan fingerprint density at radius 2 is 1.65 bits per heavy atom. The van der Waals surface area contributed by atoms with Gasteiger partial charge < -0.3 is 0 Å². The van der Waals surface area contributed by atoms with Crippen molar-refractivity contribution in [2.45, 2.75) is 26.2 Å². The first-order valence-electron chi connectivity index (χ1n) is 6.40. The lowest BCUT2D eigenvalue weighted by molar-refractivity contribution is 0.103. The number of carbonyl (C=O) groups excluding carboxylic acids is 1. The Balaban J connectivity index is 2.40. The van der Waals surface area contributed by atoms with Gasteiger partial charge in [0.2, 0.25) is 0 Å². The predicted octanol–water partition coefficient (Wildman–Crippen LogP) is 5.01. The van der Waals surface area contributed by atoms with Crippen LogP contribution in [0, 0.1) is 5.82 Å². The smallest absolute Gasteiger partial charge is 0.197 e. The fraction of sp³-hybridized carbons (Fsp3) is 0.235. The van der Waals surface area contributed by atoms with Crippen molar-refractivity contribution in [2.24, 2.45) is 0 Å². The Morgan fingerprint density at radius 3 is 2.15 bits per heavy atom. The minimum atomic E-state index is -0.595. The van der Waals surface area contributed by atoms with Crippen LogP contribution in [0.1, 0.15) is 42.3 Å². The van der Waals surface area contributed by atoms with Gasteiger partial charge in [0, 0.05) is 5.56 Å². The van der Waals surface area contributed by atoms with Gasteiger partial charge in [0.25, 0.3) is 0 Å². The average molecular weight is 291 g/mol. The van der Waals surface area contributed by atoms with Gasteiger partial charge in [-0.2, -0.15) is 0 Å². The maximum atomic E-state index is 13.7. The minimum absolute atomic E-state index is 0.0111. The molecule has 0 fully saturated rings. The highest BCUT2D eigenvalue weighted by atomic mass is 35.5. The van der Waals surface area contributed by atoms with Gasteiger partial charge in [-0.3, -0.25) is 4.79 Å². The van der Waals surface area contributed by atoms with Crippen LogP contribution in [0.4, 0.5) is 4.39 Å². The predicted molar refractivity (Wildman–Crippen MR) is 80.0 cm³/mol. The molecule has 0 saturated carbocycles. The largest absolute Gasteiger partial charge is 0.288 e. The maximum absolute atomic E-state index is 13.7. The number of hydrogen-bond donors (Lipinski definition) is 0. The van der Waals surface area contributed by atoms with Crippen molar-refractivity contribution in [1.82, 2.24) is 0 Å². The summed E-state index contributed by atoms with van der Waals surface area (Å²) in [5.74, 6) is -0.990. The summed E-state index contributed by atoms with van der Waals surface area (Å²) >= 11 is 5.92. The number of hydrogen-bond acceptors (Lipinski definition) is 1. The Morgan fingerprint density at radius 1 is 1.05 bits per heavy atom. The molecule has 0 bridgehead atoms. The van der Waals surface area contributed by atoms with Gasteiger partial charge in [0.1, 0.15) is 5.82 Å². The summed E-state index contributed by atoms with van der Waals surface area (Å²) in [5.41, 5.74) is 1.49. The summed E-state index contributed by atoms with van der Waals surface area (Å²) in [6.45, 7) is 6.28. The second-order valence-electron chi connectivity index (χ2n) is 5.75. The van der Waals surface area contributed by atoms with E-state index in [0.29, 0.717) is 5.56 Å². The molecule has 0 aliphatic heterocycles. The summed E-state index contributed by atoms with van der Waals surface area (Å²) in [5, 5.41) is 0.134. The van der Waals surface area contributed by atoms with Crippen LogP contribution in [0.5, 0.6) is 0 Å². The van der Waals surface area contributed by atoms with Gasteiger partial charge in [0.15, 0.2) is 5.78 Å². The molecule has 0 aliphatic rings. The minimum Gasteiger partial charge on any atom is -0.288 e. The molecule has 0 aliphatic carbocycles. The molecule has 0 saturated heterocycles. The molecule has 0 heterocycles. The van der Waals surface area contributed by atoms with Crippen molar-refractivity contribution in [2.75, 3.05) is 0 Å². The summed E-state index contributed by atoms with van der Waals surface area (Å²) < 4.78 is 13.7. The highest BCUT2D eigenvalue weighted by Gasteiger charge is 2.19. The molecule has 104 valence electrons. The molecule has 1 nitrogen and oxygen atoms in total. The zero-order chi connectivity index (χ0) is 14.9. The molecule has 0 spiro atoms. The van der Waals surface area contributed by atoms with E-state index in [0.717, 1.165) is 5.56 Å². The third kappa shape index (κ3) is 2.91. The molecule has 3 heteroatoms. The van der Waals surface area contributed by atoms with Crippen molar-refractivity contribution in [3.05, 3.63) is 70.0 Å². The summed E-state index contributed by atoms with van der Waals surface area (Å²) in [7, 11) is 0. The number of halogens is 2. The first kappa shape index (κ1) is 14.7. The number of carbonyl (C=O) groups is 1. The van der Waals surface area contributed by atoms with E-state index in [2.05, 4.69) is 20.8 Å². The highest BCUT2D eigenvalue weighted by molar-refractivity contribution is 6.35. The molecule has 0 aromatic heterocycles. The highest BCUT2D eigenvalue weighted by Crippen LogP contribution is 2.25. The van der Waals surface area contributed by atoms with Gasteiger partial charge in [0.05, 0.1) is 10.6 Å². The summed E-state index contributed by atoms with van der Waals surface area (Å²) in [6.07, 6.45) is 0. The fourth-order valence-electron chi connectivity index (χ4n) is 1.98. The van der Waals surface area contributed by atoms with E-state index in [-0.39, 0.29) is 16.0 Å². The lowest BCUT2D eigenvalue weighted by Crippen LogP contribution is -2.12. The Bertz CT molecular complexity index is 619. The normalized spacial score (nSPS) is 11.4. The number of rotatable bonds is 2. The molecular formula is C17H16ClFO. The van der Waals surface area contributed by atoms with E-state index < -0.39 is 11.6 Å². The van der Waals surface area contributed by atoms with Crippen LogP contribution in [0.3, 0.4) is 0 Å². The molecule has 0 radical (unpaired) electrons. The first-order valence-corrected chi connectivity index (χ1v) is 6.78. The summed E-state index contributed by atoms with van der Waals surface area (Å²) in [6, 6.07) is 11.4. The monoisotopic (exact) mass is 290 g/mol. The van der Waals surface area contributed by atoms with Crippen molar-refractivity contribution in [3.8, 4) is 0 Å². The third-order valence-electron chi connectivity index (χ3n) is 3.20. The van der Waals surface area contributed by atoms with Crippen LogP contribution in [-0.2, 0) is 5.41 Å². The number of ketones is 1. The SMILES string of the molecule is CC(C)(C)c1ccc(C(=O)c2c(F)cccc2Cl)cc1. The molecule has 0 unspecified atom stereocenters. The second kappa shape index (κ2) is 5.37. The van der Waals surface area contributed by atoms with E-state index in [4.69, 9.17) is 11.6 Å². The zero-order valence-electron chi connectivity index (χ0n) is 11.7. The van der Waals surface area contributed by atoms with E-state index in [9.17, 15) is 9.18 Å². The van der Waals surface area contributed by atoms with Crippen molar-refractivity contribution >= 4 is 17.4 Å². The van der Waals surface area contributed by atoms with Crippen molar-refractivity contribution in [3.63, 3.8) is 0 Å². The van der Waals surface area contributed by atoms with Crippen LogP contribution in [0.25, 0.3) is 0 Å². The maximum Gasteiger partial charge on any atom is 0.197 e. The average Bonchev–Trinajstić information content (AvgIpc) is 2.37. The summed E-state index contributed by atoms with van der Waals surface area (Å²) in [4.78, 5) is 12.3. The van der Waals surface area contributed by atoms with Crippen molar-refractivity contribution < 1.29 is 9.18 Å². The lowest BCUT2D eigenvalue weighted by atomic mass is 9.86. The van der Waals surface area contributed by atoms with Crippen LogP contribution >= 0.6 is 11.6 Å². The van der Waals surface area contributed by atoms with Gasteiger partial charge >= 0.3 is 0 Å². The standard InChI is InChI=1S/C17H16ClFO/c1-17(2,3)12-9-7-11(8-10-12)16(20)15-13(18)5-4-6-14(15)19/h4-10H,1-3H3. The van der Waals surface area contributed by atoms with Crippen LogP contribution < -0.4 is 0 Å². The Labute approximate surface area is 123 Å². The Kier molecular flexibility index (Phi) is 3.96. The van der Waals surface area contributed by atoms with E-state index in [1.807, 2.05) is 12.1 Å². The number of benzene rings is 2. The van der Waals surface area contributed by atoms with Crippen LogP contribution in [0.2, 0.25) is 5.02 Å². The third-order valence-corrected chi connectivity index (χ3v) is 3.52. The molecule has 20 heavy (non-hydrogen) atoms. The molecular weight excluding hydrogens is 275 g/mol. The van der Waals surface area contributed by atoms with Gasteiger partial charge in [-0.1, -0.05) is 62.7 Å². The van der Waals surface area contributed by atoms with E-state index in [1.165, 1.54) is 18.2 Å². The molecule has 0 amide bonds. The molecule has 0 atom stereocenters. The van der Waals surface area contributed by atoms with Gasteiger partial charge in [-0.25, -0.2) is 4.39 Å². The van der Waals surface area contributed by atoms with Gasteiger partial charge in [-0.05, 0) is 23.1 Å². The zero-order valence-corrected chi connectivity index (χ0v) is 12.5. The van der Waals surface area contributed by atoms with Crippen molar-refractivity contribution in [1.29, 1.82) is 0 Å². The molecule has 2 rings (SSSR count). The Hall–Kier alpha value is -1.67. The topological polar surface area (TPSA) is 17.1 Å². The van der Waals surface area contributed by atoms with E-state index in [1.54, 1.807) is 12.1 Å². The quantitative estimate of drug-likeness (QED) is 0.711. The molecule has 2 aromatic carbocycles. The van der Waals surface area contributed by atoms with Crippen LogP contribution in [-0.4, -0.2) is 5.78 Å². The fourth-order valence-corrected chi connectivity index (χ4v) is 2.23.